The van der Waals surface area contributed by atoms with Crippen LogP contribution in [0.4, 0.5) is 0 Å². The number of benzene rings is 2. The maximum Gasteiger partial charge on any atom is 0.289 e. The van der Waals surface area contributed by atoms with E-state index in [0.29, 0.717) is 12.2 Å². The monoisotopic (exact) mass is 363 g/mol. The van der Waals surface area contributed by atoms with Crippen molar-refractivity contribution < 1.29 is 9.32 Å². The number of nitrogens with one attached hydrogen (secondary N) is 1. The van der Waals surface area contributed by atoms with E-state index in [1.807, 2.05) is 48.5 Å². The van der Waals surface area contributed by atoms with Crippen molar-refractivity contribution in [3.63, 3.8) is 0 Å². The Balaban J connectivity index is 1.70. The number of aromatic nitrogens is 1. The quantitative estimate of drug-likeness (QED) is 0.653. The first-order valence-corrected chi connectivity index (χ1v) is 9.32. The highest BCUT2D eigenvalue weighted by Gasteiger charge is 2.20. The number of carbonyl (C=O) groups excluding carboxylic acids is 1. The van der Waals surface area contributed by atoms with E-state index in [2.05, 4.69) is 41.4 Å². The molecular formula is C22H25N3O2. The van der Waals surface area contributed by atoms with Gasteiger partial charge in [-0.2, -0.15) is 0 Å². The third-order valence-electron chi connectivity index (χ3n) is 4.70. The van der Waals surface area contributed by atoms with Crippen LogP contribution in [0.2, 0.25) is 0 Å². The molecule has 0 bridgehead atoms. The van der Waals surface area contributed by atoms with Crippen LogP contribution in [0.25, 0.3) is 11.3 Å². The van der Waals surface area contributed by atoms with Gasteiger partial charge in [-0.15, -0.1) is 0 Å². The van der Waals surface area contributed by atoms with E-state index in [-0.39, 0.29) is 17.7 Å². The van der Waals surface area contributed by atoms with Gasteiger partial charge >= 0.3 is 0 Å². The van der Waals surface area contributed by atoms with Crippen LogP contribution in [-0.2, 0) is 0 Å². The van der Waals surface area contributed by atoms with Gasteiger partial charge in [-0.1, -0.05) is 79.7 Å². The Morgan fingerprint density at radius 2 is 1.67 bits per heavy atom. The summed E-state index contributed by atoms with van der Waals surface area (Å²) < 4.78 is 5.26. The Hall–Kier alpha value is -2.92. The molecule has 1 atom stereocenters. The molecule has 27 heavy (non-hydrogen) atoms. The largest absolute Gasteiger partial charge is 0.350 e. The van der Waals surface area contributed by atoms with Crippen molar-refractivity contribution in [1.82, 2.24) is 15.4 Å². The summed E-state index contributed by atoms with van der Waals surface area (Å²) in [7, 11) is 0. The molecule has 1 heterocycles. The van der Waals surface area contributed by atoms with Crippen LogP contribution in [0.5, 0.6) is 0 Å². The molecule has 1 unspecified atom stereocenters. The molecule has 1 aromatic heterocycles. The molecule has 2 aromatic carbocycles. The Morgan fingerprint density at radius 1 is 1.04 bits per heavy atom. The van der Waals surface area contributed by atoms with Gasteiger partial charge in [-0.25, -0.2) is 0 Å². The lowest BCUT2D eigenvalue weighted by Crippen LogP contribution is -2.38. The van der Waals surface area contributed by atoms with Gasteiger partial charge < -0.3 is 9.84 Å². The Bertz CT molecular complexity index is 842. The van der Waals surface area contributed by atoms with Gasteiger partial charge in [-0.3, -0.25) is 9.69 Å². The van der Waals surface area contributed by atoms with Crippen LogP contribution in [-0.4, -0.2) is 35.6 Å². The molecule has 0 saturated heterocycles. The molecule has 0 spiro atoms. The van der Waals surface area contributed by atoms with Crippen molar-refractivity contribution in [2.75, 3.05) is 19.6 Å². The Kier molecular flexibility index (Phi) is 6.39. The van der Waals surface area contributed by atoms with Crippen molar-refractivity contribution in [2.45, 2.75) is 19.9 Å². The molecule has 0 aliphatic carbocycles. The van der Waals surface area contributed by atoms with Crippen LogP contribution in [0.15, 0.2) is 71.3 Å². The number of amides is 1. The van der Waals surface area contributed by atoms with Crippen LogP contribution in [0.1, 0.15) is 36.0 Å². The highest BCUT2D eigenvalue weighted by molar-refractivity contribution is 5.92. The second-order valence-electron chi connectivity index (χ2n) is 6.30. The number of carbonyl (C=O) groups is 1. The average Bonchev–Trinajstić information content (AvgIpc) is 3.22. The van der Waals surface area contributed by atoms with E-state index in [0.717, 1.165) is 18.7 Å². The van der Waals surface area contributed by atoms with Crippen LogP contribution in [0.3, 0.4) is 0 Å². The second kappa shape index (κ2) is 9.14. The van der Waals surface area contributed by atoms with E-state index in [9.17, 15) is 4.79 Å². The fourth-order valence-corrected chi connectivity index (χ4v) is 3.20. The predicted octanol–water partition coefficient (Wildman–Crippen LogP) is 4.15. The zero-order valence-corrected chi connectivity index (χ0v) is 15.8. The van der Waals surface area contributed by atoms with Gasteiger partial charge in [0.1, 0.15) is 5.69 Å². The minimum atomic E-state index is -0.252. The summed E-state index contributed by atoms with van der Waals surface area (Å²) in [5, 5.41) is 7.01. The highest BCUT2D eigenvalue weighted by atomic mass is 16.5. The zero-order valence-electron chi connectivity index (χ0n) is 15.8. The lowest BCUT2D eigenvalue weighted by Gasteiger charge is -2.30. The lowest BCUT2D eigenvalue weighted by atomic mass is 10.0. The standard InChI is InChI=1S/C22H25N3O2/c1-3-25(4-2)20(18-13-9-6-10-14-18)16-23-22(26)21-15-19(24-27-21)17-11-7-5-8-12-17/h5-15,20H,3-4,16H2,1-2H3,(H,23,26). The van der Waals surface area contributed by atoms with Crippen molar-refractivity contribution in [3.05, 3.63) is 78.1 Å². The van der Waals surface area contributed by atoms with Crippen molar-refractivity contribution in [1.29, 1.82) is 0 Å². The van der Waals surface area contributed by atoms with Gasteiger partial charge in [0, 0.05) is 18.2 Å². The topological polar surface area (TPSA) is 58.4 Å². The summed E-state index contributed by atoms with van der Waals surface area (Å²) in [6, 6.07) is 21.7. The third kappa shape index (κ3) is 4.63. The van der Waals surface area contributed by atoms with Crippen LogP contribution in [0, 0.1) is 0 Å². The van der Waals surface area contributed by atoms with Gasteiger partial charge in [0.15, 0.2) is 0 Å². The normalized spacial score (nSPS) is 12.1. The number of likely N-dealkylation sites (N-methyl/N-ethyl adjacent to an activating group) is 1. The molecule has 0 aliphatic heterocycles. The number of hydrogen-bond acceptors (Lipinski definition) is 4. The summed E-state index contributed by atoms with van der Waals surface area (Å²) in [5.74, 6) is -0.0296. The molecule has 1 amide bonds. The SMILES string of the molecule is CCN(CC)C(CNC(=O)c1cc(-c2ccccc2)no1)c1ccccc1. The maximum absolute atomic E-state index is 12.6. The summed E-state index contributed by atoms with van der Waals surface area (Å²) in [6.07, 6.45) is 0. The number of rotatable bonds is 8. The van der Waals surface area contributed by atoms with Crippen molar-refractivity contribution in [3.8, 4) is 11.3 Å². The van der Waals surface area contributed by atoms with Crippen LogP contribution < -0.4 is 5.32 Å². The lowest BCUT2D eigenvalue weighted by molar-refractivity contribution is 0.0898. The molecule has 140 valence electrons. The fraction of sp³-hybridized carbons (Fsp3) is 0.273. The molecule has 0 aliphatic rings. The molecule has 0 radical (unpaired) electrons. The van der Waals surface area contributed by atoms with E-state index < -0.39 is 0 Å². The molecular weight excluding hydrogens is 338 g/mol. The summed E-state index contributed by atoms with van der Waals surface area (Å²) in [5.41, 5.74) is 2.76. The molecule has 3 rings (SSSR count). The van der Waals surface area contributed by atoms with Crippen LogP contribution >= 0.6 is 0 Å². The van der Waals surface area contributed by atoms with Gasteiger partial charge in [0.2, 0.25) is 5.76 Å². The minimum absolute atomic E-state index is 0.113. The minimum Gasteiger partial charge on any atom is -0.350 e. The first-order chi connectivity index (χ1) is 13.2. The molecule has 0 saturated carbocycles. The Labute approximate surface area is 160 Å². The average molecular weight is 363 g/mol. The number of hydrogen-bond donors (Lipinski definition) is 1. The second-order valence-corrected chi connectivity index (χ2v) is 6.30. The predicted molar refractivity (Wildman–Crippen MR) is 106 cm³/mol. The van der Waals surface area contributed by atoms with Gasteiger partial charge in [0.05, 0.1) is 6.04 Å². The van der Waals surface area contributed by atoms with Gasteiger partial charge in [-0.05, 0) is 18.7 Å². The molecule has 3 aromatic rings. The highest BCUT2D eigenvalue weighted by Crippen LogP contribution is 2.21. The molecule has 5 heteroatoms. The van der Waals surface area contributed by atoms with E-state index in [4.69, 9.17) is 4.52 Å². The zero-order chi connectivity index (χ0) is 19.1. The molecule has 1 N–H and O–H groups in total. The fourth-order valence-electron chi connectivity index (χ4n) is 3.20. The summed E-state index contributed by atoms with van der Waals surface area (Å²) >= 11 is 0. The number of nitrogens with zero attached hydrogens (tertiary/aromatic N) is 2. The first kappa shape index (κ1) is 18.9. The summed E-state index contributed by atoms with van der Waals surface area (Å²) in [6.45, 7) is 6.58. The van der Waals surface area contributed by atoms with E-state index in [1.54, 1.807) is 6.07 Å². The summed E-state index contributed by atoms with van der Waals surface area (Å²) in [4.78, 5) is 14.9. The van der Waals surface area contributed by atoms with Crippen molar-refractivity contribution in [2.24, 2.45) is 0 Å². The van der Waals surface area contributed by atoms with Gasteiger partial charge in [0.25, 0.3) is 5.91 Å². The van der Waals surface area contributed by atoms with Crippen molar-refractivity contribution >= 4 is 5.91 Å². The molecule has 5 nitrogen and oxygen atoms in total. The Morgan fingerprint density at radius 3 is 2.30 bits per heavy atom. The van der Waals surface area contributed by atoms with E-state index in [1.165, 1.54) is 5.56 Å². The molecule has 0 fully saturated rings. The van der Waals surface area contributed by atoms with E-state index >= 15 is 0 Å². The first-order valence-electron chi connectivity index (χ1n) is 9.32. The smallest absolute Gasteiger partial charge is 0.289 e. The maximum atomic E-state index is 12.6. The third-order valence-corrected chi connectivity index (χ3v) is 4.70.